The third-order valence-electron chi connectivity index (χ3n) is 4.91. The summed E-state index contributed by atoms with van der Waals surface area (Å²) in [7, 11) is 4.07. The van der Waals surface area contributed by atoms with Crippen molar-refractivity contribution < 1.29 is 0 Å². The van der Waals surface area contributed by atoms with E-state index in [1.807, 2.05) is 11.7 Å². The smallest absolute Gasteiger partial charge is 0.0823 e. The minimum absolute atomic E-state index is 0.0378. The van der Waals surface area contributed by atoms with Gasteiger partial charge in [-0.05, 0) is 31.7 Å². The molecule has 2 rings (SSSR count). The Kier molecular flexibility index (Phi) is 4.26. The highest BCUT2D eigenvalue weighted by molar-refractivity contribution is 6.31. The summed E-state index contributed by atoms with van der Waals surface area (Å²) in [5, 5.41) is 8.62. The maximum atomic E-state index is 6.36. The summed E-state index contributed by atoms with van der Waals surface area (Å²) >= 11 is 6.36. The maximum absolute atomic E-state index is 6.36. The van der Waals surface area contributed by atoms with Crippen molar-refractivity contribution in [2.24, 2.45) is 18.9 Å². The highest BCUT2D eigenvalue weighted by Crippen LogP contribution is 2.44. The average molecular weight is 284 g/mol. The largest absolute Gasteiger partial charge is 0.317 e. The van der Waals surface area contributed by atoms with Crippen molar-refractivity contribution in [3.63, 3.8) is 0 Å². The van der Waals surface area contributed by atoms with Gasteiger partial charge in [-0.2, -0.15) is 5.10 Å². The zero-order valence-corrected chi connectivity index (χ0v) is 13.5. The summed E-state index contributed by atoms with van der Waals surface area (Å²) in [6.07, 6.45) is 5.57. The van der Waals surface area contributed by atoms with E-state index in [0.29, 0.717) is 12.0 Å². The van der Waals surface area contributed by atoms with Crippen LogP contribution < -0.4 is 5.32 Å². The normalized spacial score (nSPS) is 28.6. The minimum Gasteiger partial charge on any atom is -0.317 e. The molecule has 3 nitrogen and oxygen atoms in total. The lowest BCUT2D eigenvalue weighted by atomic mass is 9.65. The van der Waals surface area contributed by atoms with Gasteiger partial charge < -0.3 is 5.32 Å². The molecule has 0 aliphatic heterocycles. The van der Waals surface area contributed by atoms with Crippen molar-refractivity contribution in [1.82, 2.24) is 15.1 Å². The van der Waals surface area contributed by atoms with Crippen LogP contribution in [0.3, 0.4) is 0 Å². The van der Waals surface area contributed by atoms with Gasteiger partial charge in [0.25, 0.3) is 0 Å². The molecular formula is C15H26ClN3. The molecule has 1 fully saturated rings. The van der Waals surface area contributed by atoms with Crippen molar-refractivity contribution in [1.29, 1.82) is 0 Å². The lowest BCUT2D eigenvalue weighted by Gasteiger charge is -2.44. The number of halogens is 1. The predicted molar refractivity (Wildman–Crippen MR) is 80.6 cm³/mol. The Bertz CT molecular complexity index is 419. The van der Waals surface area contributed by atoms with Crippen LogP contribution in [-0.4, -0.2) is 22.9 Å². The van der Waals surface area contributed by atoms with E-state index in [2.05, 4.69) is 38.2 Å². The lowest BCUT2D eigenvalue weighted by molar-refractivity contribution is 0.146. The first-order chi connectivity index (χ1) is 8.87. The Balaban J connectivity index is 2.33. The Hall–Kier alpha value is -0.540. The van der Waals surface area contributed by atoms with E-state index < -0.39 is 0 Å². The van der Waals surface area contributed by atoms with E-state index in [4.69, 9.17) is 11.6 Å². The van der Waals surface area contributed by atoms with Crippen LogP contribution >= 0.6 is 11.6 Å². The summed E-state index contributed by atoms with van der Waals surface area (Å²) in [5.74, 6) is 1.41. The molecule has 3 atom stereocenters. The van der Waals surface area contributed by atoms with E-state index >= 15 is 0 Å². The van der Waals surface area contributed by atoms with E-state index in [0.717, 1.165) is 16.6 Å². The van der Waals surface area contributed by atoms with Crippen molar-refractivity contribution in [3.05, 3.63) is 16.9 Å². The Labute approximate surface area is 121 Å². The monoisotopic (exact) mass is 283 g/mol. The number of rotatable bonds is 3. The average Bonchev–Trinajstić information content (AvgIpc) is 2.68. The quantitative estimate of drug-likeness (QED) is 0.922. The van der Waals surface area contributed by atoms with E-state index in [1.54, 1.807) is 6.20 Å². The number of aryl methyl sites for hydroxylation is 1. The first-order valence-electron chi connectivity index (χ1n) is 7.23. The first-order valence-corrected chi connectivity index (χ1v) is 7.61. The van der Waals surface area contributed by atoms with Gasteiger partial charge in [-0.3, -0.25) is 4.68 Å². The summed E-state index contributed by atoms with van der Waals surface area (Å²) in [5.41, 5.74) is 1.20. The molecule has 0 spiro atoms. The fraction of sp³-hybridized carbons (Fsp3) is 0.800. The molecule has 1 heterocycles. The Morgan fingerprint density at radius 1 is 1.42 bits per heavy atom. The van der Waals surface area contributed by atoms with Gasteiger partial charge >= 0.3 is 0 Å². The SMILES string of the molecule is CNC1CC(C)CCC1C(C)(C)c1c(Cl)cnn1C. The van der Waals surface area contributed by atoms with Gasteiger partial charge in [0.2, 0.25) is 0 Å². The minimum atomic E-state index is 0.0378. The topological polar surface area (TPSA) is 29.9 Å². The Morgan fingerprint density at radius 3 is 2.63 bits per heavy atom. The fourth-order valence-corrected chi connectivity index (χ4v) is 4.28. The maximum Gasteiger partial charge on any atom is 0.0823 e. The zero-order chi connectivity index (χ0) is 14.2. The predicted octanol–water partition coefficient (Wildman–Crippen LogP) is 3.38. The molecule has 1 aliphatic rings. The van der Waals surface area contributed by atoms with Gasteiger partial charge in [0, 0.05) is 18.5 Å². The second kappa shape index (κ2) is 5.45. The molecule has 1 N–H and O–H groups in total. The number of nitrogens with zero attached hydrogens (tertiary/aromatic N) is 2. The van der Waals surface area contributed by atoms with Crippen LogP contribution in [0.25, 0.3) is 0 Å². The van der Waals surface area contributed by atoms with Gasteiger partial charge in [-0.1, -0.05) is 38.8 Å². The summed E-state index contributed by atoms with van der Waals surface area (Å²) in [6.45, 7) is 6.96. The first kappa shape index (κ1) is 14.9. The number of hydrogen-bond donors (Lipinski definition) is 1. The molecule has 0 saturated heterocycles. The molecule has 0 amide bonds. The van der Waals surface area contributed by atoms with Gasteiger partial charge in [0.05, 0.1) is 16.9 Å². The van der Waals surface area contributed by atoms with Crippen LogP contribution in [0.5, 0.6) is 0 Å². The fourth-order valence-electron chi connectivity index (χ4n) is 3.87. The van der Waals surface area contributed by atoms with Crippen molar-refractivity contribution in [2.75, 3.05) is 7.05 Å². The number of hydrogen-bond acceptors (Lipinski definition) is 2. The molecule has 0 aromatic carbocycles. The van der Waals surface area contributed by atoms with Crippen LogP contribution in [0.1, 0.15) is 45.7 Å². The second-order valence-electron chi connectivity index (χ2n) is 6.61. The van der Waals surface area contributed by atoms with Crippen LogP contribution in [0, 0.1) is 11.8 Å². The van der Waals surface area contributed by atoms with Crippen LogP contribution in [0.15, 0.2) is 6.20 Å². The third-order valence-corrected chi connectivity index (χ3v) is 5.19. The molecule has 108 valence electrons. The van der Waals surface area contributed by atoms with Crippen LogP contribution in [0.4, 0.5) is 0 Å². The molecule has 0 bridgehead atoms. The second-order valence-corrected chi connectivity index (χ2v) is 7.01. The Morgan fingerprint density at radius 2 is 2.11 bits per heavy atom. The molecule has 19 heavy (non-hydrogen) atoms. The zero-order valence-electron chi connectivity index (χ0n) is 12.7. The van der Waals surface area contributed by atoms with Crippen molar-refractivity contribution >= 4 is 11.6 Å². The lowest BCUT2D eigenvalue weighted by Crippen LogP contribution is -2.48. The molecule has 1 aliphatic carbocycles. The molecule has 4 heteroatoms. The summed E-state index contributed by atoms with van der Waals surface area (Å²) < 4.78 is 1.94. The highest BCUT2D eigenvalue weighted by Gasteiger charge is 2.41. The van der Waals surface area contributed by atoms with Crippen molar-refractivity contribution in [2.45, 2.75) is 51.5 Å². The molecular weight excluding hydrogens is 258 g/mol. The van der Waals surface area contributed by atoms with E-state index in [1.165, 1.54) is 19.3 Å². The standard InChI is InChI=1S/C15H26ClN3/c1-10-6-7-11(13(8-10)17-4)15(2,3)14-12(16)9-18-19(14)5/h9-11,13,17H,6-8H2,1-5H3. The number of nitrogens with one attached hydrogen (secondary N) is 1. The van der Waals surface area contributed by atoms with Gasteiger partial charge in [0.15, 0.2) is 0 Å². The number of aromatic nitrogens is 2. The van der Waals surface area contributed by atoms with Crippen LogP contribution in [0.2, 0.25) is 5.02 Å². The molecule has 0 radical (unpaired) electrons. The summed E-state index contributed by atoms with van der Waals surface area (Å²) in [6, 6.07) is 0.560. The molecule has 1 aromatic heterocycles. The van der Waals surface area contributed by atoms with Gasteiger partial charge in [-0.15, -0.1) is 0 Å². The van der Waals surface area contributed by atoms with Crippen LogP contribution in [-0.2, 0) is 12.5 Å². The van der Waals surface area contributed by atoms with Gasteiger partial charge in [0.1, 0.15) is 0 Å². The highest BCUT2D eigenvalue weighted by atomic mass is 35.5. The van der Waals surface area contributed by atoms with Crippen molar-refractivity contribution in [3.8, 4) is 0 Å². The molecule has 3 unspecified atom stereocenters. The third kappa shape index (κ3) is 2.68. The van der Waals surface area contributed by atoms with Gasteiger partial charge in [-0.25, -0.2) is 0 Å². The summed E-state index contributed by atoms with van der Waals surface area (Å²) in [4.78, 5) is 0. The molecule has 1 aromatic rings. The van der Waals surface area contributed by atoms with E-state index in [9.17, 15) is 0 Å². The van der Waals surface area contributed by atoms with E-state index in [-0.39, 0.29) is 5.41 Å². The molecule has 1 saturated carbocycles.